The first-order valence-corrected chi connectivity index (χ1v) is 11.9. The highest BCUT2D eigenvalue weighted by Gasteiger charge is 2.37. The van der Waals surface area contributed by atoms with E-state index in [4.69, 9.17) is 4.74 Å². The summed E-state index contributed by atoms with van der Waals surface area (Å²) in [4.78, 5) is 14.1. The van der Waals surface area contributed by atoms with Crippen LogP contribution in [-0.4, -0.2) is 50.4 Å². The van der Waals surface area contributed by atoms with Crippen molar-refractivity contribution in [1.82, 2.24) is 9.62 Å². The first kappa shape index (κ1) is 22.3. The minimum absolute atomic E-state index is 0.314. The average Bonchev–Trinajstić information content (AvgIpc) is 2.75. The van der Waals surface area contributed by atoms with Crippen LogP contribution in [0.4, 0.5) is 4.79 Å². The van der Waals surface area contributed by atoms with E-state index in [1.807, 2.05) is 30.3 Å². The van der Waals surface area contributed by atoms with Crippen molar-refractivity contribution in [3.63, 3.8) is 0 Å². The molecule has 162 valence electrons. The smallest absolute Gasteiger partial charge is 0.409 e. The highest BCUT2D eigenvalue weighted by molar-refractivity contribution is 7.90. The predicted octanol–water partition coefficient (Wildman–Crippen LogP) is 3.82. The van der Waals surface area contributed by atoms with E-state index in [1.165, 1.54) is 7.11 Å². The number of rotatable bonds is 6. The Morgan fingerprint density at radius 1 is 1.13 bits per heavy atom. The van der Waals surface area contributed by atoms with Gasteiger partial charge in [-0.15, -0.1) is 0 Å². The zero-order valence-electron chi connectivity index (χ0n) is 17.7. The number of ether oxygens (including phenoxy) is 1. The highest BCUT2D eigenvalue weighted by atomic mass is 32.2. The largest absolute Gasteiger partial charge is 0.453 e. The number of methoxy groups -OCH3 is 1. The van der Waals surface area contributed by atoms with Crippen molar-refractivity contribution in [2.45, 2.75) is 50.4 Å². The van der Waals surface area contributed by atoms with Crippen molar-refractivity contribution in [1.29, 1.82) is 0 Å². The van der Waals surface area contributed by atoms with Gasteiger partial charge in [0.25, 0.3) is 0 Å². The molecular formula is C23H30N2O4S. The molecule has 1 fully saturated rings. The molecule has 0 aliphatic carbocycles. The molecule has 2 aromatic rings. The van der Waals surface area contributed by atoms with Gasteiger partial charge >= 0.3 is 6.09 Å². The quantitative estimate of drug-likeness (QED) is 0.756. The molecule has 2 aromatic carbocycles. The zero-order valence-corrected chi connectivity index (χ0v) is 18.6. The molecule has 30 heavy (non-hydrogen) atoms. The number of amides is 1. The maximum absolute atomic E-state index is 12.5. The Balaban J connectivity index is 1.90. The van der Waals surface area contributed by atoms with Crippen molar-refractivity contribution in [2.75, 3.05) is 13.7 Å². The van der Waals surface area contributed by atoms with E-state index in [9.17, 15) is 13.2 Å². The minimum atomic E-state index is -3.46. The molecule has 0 radical (unpaired) electrons. The summed E-state index contributed by atoms with van der Waals surface area (Å²) < 4.78 is 32.9. The summed E-state index contributed by atoms with van der Waals surface area (Å²) in [6.07, 6.45) is 1.53. The third-order valence-electron chi connectivity index (χ3n) is 5.60. The molecule has 0 spiro atoms. The fourth-order valence-electron chi connectivity index (χ4n) is 3.89. The summed E-state index contributed by atoms with van der Waals surface area (Å²) in [7, 11) is -2.10. The normalized spacial score (nSPS) is 19.7. The lowest BCUT2D eigenvalue weighted by Crippen LogP contribution is -2.58. The summed E-state index contributed by atoms with van der Waals surface area (Å²) in [5.74, 6) is 0. The van der Waals surface area contributed by atoms with Crippen LogP contribution >= 0.6 is 0 Å². The number of piperidine rings is 1. The number of carbonyl (C=O) groups is 1. The van der Waals surface area contributed by atoms with E-state index in [0.717, 1.165) is 23.1 Å². The first-order chi connectivity index (χ1) is 14.3. The minimum Gasteiger partial charge on any atom is -0.453 e. The van der Waals surface area contributed by atoms with E-state index < -0.39 is 21.4 Å². The molecule has 0 aromatic heterocycles. The van der Waals surface area contributed by atoms with Crippen LogP contribution in [0.2, 0.25) is 0 Å². The maximum Gasteiger partial charge on any atom is 0.409 e. The Bertz CT molecular complexity index is 960. The van der Waals surface area contributed by atoms with Crippen LogP contribution in [0.15, 0.2) is 54.6 Å². The van der Waals surface area contributed by atoms with Gasteiger partial charge in [-0.25, -0.2) is 17.9 Å². The molecule has 7 heteroatoms. The molecule has 3 rings (SSSR count). The lowest BCUT2D eigenvalue weighted by atomic mass is 9.90. The first-order valence-electron chi connectivity index (χ1n) is 10.3. The number of nitrogens with zero attached hydrogens (tertiary/aromatic N) is 1. The lowest BCUT2D eigenvalue weighted by Gasteiger charge is -2.41. The Hall–Kier alpha value is -2.38. The average molecular weight is 431 g/mol. The third-order valence-corrected chi connectivity index (χ3v) is 7.48. The van der Waals surface area contributed by atoms with E-state index >= 15 is 0 Å². The van der Waals surface area contributed by atoms with Crippen LogP contribution in [0, 0.1) is 0 Å². The second-order valence-corrected chi connectivity index (χ2v) is 10.2. The molecule has 1 heterocycles. The Kier molecular flexibility index (Phi) is 7.15. The van der Waals surface area contributed by atoms with E-state index in [2.05, 4.69) is 29.0 Å². The van der Waals surface area contributed by atoms with Gasteiger partial charge in [0.05, 0.1) is 18.4 Å². The van der Waals surface area contributed by atoms with Crippen molar-refractivity contribution in [3.8, 4) is 11.1 Å². The fraction of sp³-hybridized carbons (Fsp3) is 0.435. The van der Waals surface area contributed by atoms with E-state index in [0.29, 0.717) is 19.4 Å². The number of carbonyl (C=O) groups excluding carboxylic acids is 1. The summed E-state index contributed by atoms with van der Waals surface area (Å²) >= 11 is 0. The maximum atomic E-state index is 12.5. The molecule has 1 N–H and O–H groups in total. The number of sulfonamides is 1. The van der Waals surface area contributed by atoms with E-state index in [-0.39, 0.29) is 12.1 Å². The van der Waals surface area contributed by atoms with Gasteiger partial charge in [0.15, 0.2) is 0 Å². The van der Waals surface area contributed by atoms with Gasteiger partial charge in [-0.05, 0) is 49.8 Å². The lowest BCUT2D eigenvalue weighted by molar-refractivity contribution is 0.0792. The molecule has 6 nitrogen and oxygen atoms in total. The standard InChI is InChI=1S/C23H30N2O4S/c1-17(2)30(27,28)24-21-13-8-14-25(23(26)29-3)22(21)16-18-9-7-12-20(15-18)19-10-5-4-6-11-19/h4-7,9-12,15,17,21-22,24H,8,13-14,16H2,1-3H3. The summed E-state index contributed by atoms with van der Waals surface area (Å²) in [6, 6.07) is 17.6. The molecule has 1 aliphatic rings. The summed E-state index contributed by atoms with van der Waals surface area (Å²) in [5, 5.41) is -0.534. The van der Waals surface area contributed by atoms with Gasteiger partial charge in [-0.1, -0.05) is 54.6 Å². The molecule has 1 amide bonds. The molecule has 1 saturated heterocycles. The monoisotopic (exact) mass is 430 g/mol. The second kappa shape index (κ2) is 9.62. The van der Waals surface area contributed by atoms with Crippen LogP contribution in [0.25, 0.3) is 11.1 Å². The highest BCUT2D eigenvalue weighted by Crippen LogP contribution is 2.26. The number of hydrogen-bond acceptors (Lipinski definition) is 4. The van der Waals surface area contributed by atoms with Crippen LogP contribution in [0.1, 0.15) is 32.3 Å². The predicted molar refractivity (Wildman–Crippen MR) is 119 cm³/mol. The fourth-order valence-corrected chi connectivity index (χ4v) is 4.86. The molecule has 0 bridgehead atoms. The molecule has 0 saturated carbocycles. The van der Waals surface area contributed by atoms with Crippen molar-refractivity contribution >= 4 is 16.1 Å². The van der Waals surface area contributed by atoms with Crippen LogP contribution in [0.5, 0.6) is 0 Å². The number of likely N-dealkylation sites (tertiary alicyclic amines) is 1. The van der Waals surface area contributed by atoms with Gasteiger partial charge in [0, 0.05) is 12.6 Å². The Labute approximate surface area is 179 Å². The van der Waals surface area contributed by atoms with Crippen LogP contribution in [-0.2, 0) is 21.2 Å². The van der Waals surface area contributed by atoms with Gasteiger partial charge in [-0.3, -0.25) is 0 Å². The Morgan fingerprint density at radius 2 is 1.83 bits per heavy atom. The zero-order chi connectivity index (χ0) is 21.7. The van der Waals surface area contributed by atoms with Gasteiger partial charge < -0.3 is 9.64 Å². The van der Waals surface area contributed by atoms with Crippen LogP contribution < -0.4 is 4.72 Å². The van der Waals surface area contributed by atoms with E-state index in [1.54, 1.807) is 18.7 Å². The van der Waals surface area contributed by atoms with Gasteiger partial charge in [0.2, 0.25) is 10.0 Å². The molecular weight excluding hydrogens is 400 g/mol. The number of nitrogens with one attached hydrogen (secondary N) is 1. The SMILES string of the molecule is COC(=O)N1CCCC(NS(=O)(=O)C(C)C)C1Cc1cccc(-c2ccccc2)c1. The third kappa shape index (κ3) is 5.21. The topological polar surface area (TPSA) is 75.7 Å². The number of hydrogen-bond donors (Lipinski definition) is 1. The van der Waals surface area contributed by atoms with Crippen molar-refractivity contribution < 1.29 is 17.9 Å². The molecule has 1 aliphatic heterocycles. The number of benzene rings is 2. The Morgan fingerprint density at radius 3 is 2.50 bits per heavy atom. The van der Waals surface area contributed by atoms with Crippen LogP contribution in [0.3, 0.4) is 0 Å². The summed E-state index contributed by atoms with van der Waals surface area (Å²) in [5.41, 5.74) is 3.25. The van der Waals surface area contributed by atoms with Gasteiger partial charge in [0.1, 0.15) is 0 Å². The van der Waals surface area contributed by atoms with Gasteiger partial charge in [-0.2, -0.15) is 0 Å². The van der Waals surface area contributed by atoms with Crippen molar-refractivity contribution in [3.05, 3.63) is 60.2 Å². The van der Waals surface area contributed by atoms with Crippen molar-refractivity contribution in [2.24, 2.45) is 0 Å². The summed E-state index contributed by atoms with van der Waals surface area (Å²) in [6.45, 7) is 3.86. The second-order valence-electron chi connectivity index (χ2n) is 7.96. The molecule has 2 atom stereocenters. The molecule has 2 unspecified atom stereocenters.